The van der Waals surface area contributed by atoms with Crippen molar-refractivity contribution in [2.75, 3.05) is 13.2 Å². The van der Waals surface area contributed by atoms with Crippen molar-refractivity contribution in [2.24, 2.45) is 22.5 Å². The molecule has 0 spiro atoms. The van der Waals surface area contributed by atoms with Crippen LogP contribution in [-0.4, -0.2) is 19.1 Å². The number of ether oxygens (including phenoxy) is 1. The van der Waals surface area contributed by atoms with E-state index in [1.54, 1.807) is 0 Å². The molecule has 1 saturated carbocycles. The van der Waals surface area contributed by atoms with Crippen LogP contribution >= 0.6 is 0 Å². The fourth-order valence-electron chi connectivity index (χ4n) is 2.33. The maximum Gasteiger partial charge on any atom is 0.312 e. The van der Waals surface area contributed by atoms with E-state index in [2.05, 4.69) is 27.7 Å². The molecule has 1 aliphatic carbocycles. The van der Waals surface area contributed by atoms with Crippen molar-refractivity contribution in [3.8, 4) is 0 Å². The average Bonchev–Trinajstić information content (AvgIpc) is 2.70. The van der Waals surface area contributed by atoms with E-state index in [4.69, 9.17) is 10.5 Å². The number of rotatable bonds is 4. The topological polar surface area (TPSA) is 52.3 Å². The summed E-state index contributed by atoms with van der Waals surface area (Å²) in [6.07, 6.45) is 1.87. The second kappa shape index (κ2) is 4.12. The first kappa shape index (κ1) is 12.5. The lowest BCUT2D eigenvalue weighted by atomic mass is 9.81. The molecule has 2 unspecified atom stereocenters. The highest BCUT2D eigenvalue weighted by Gasteiger charge is 2.59. The molecule has 0 amide bonds. The van der Waals surface area contributed by atoms with E-state index in [1.807, 2.05) is 0 Å². The zero-order valence-electron chi connectivity index (χ0n) is 10.3. The molecule has 1 aliphatic rings. The number of carbonyl (C=O) groups excluding carboxylic acids is 1. The molecule has 1 rings (SSSR count). The van der Waals surface area contributed by atoms with Gasteiger partial charge in [-0.25, -0.2) is 0 Å². The predicted molar refractivity (Wildman–Crippen MR) is 60.3 cm³/mol. The Labute approximate surface area is 92.4 Å². The first-order valence-corrected chi connectivity index (χ1v) is 5.69. The van der Waals surface area contributed by atoms with Crippen molar-refractivity contribution >= 4 is 5.97 Å². The highest BCUT2D eigenvalue weighted by Crippen LogP contribution is 2.59. The lowest BCUT2D eigenvalue weighted by Crippen LogP contribution is -2.28. The third kappa shape index (κ3) is 2.94. The van der Waals surface area contributed by atoms with Gasteiger partial charge in [-0.3, -0.25) is 4.79 Å². The standard InChI is InChI=1S/C12H23NO2/c1-9-7-12(9,8-11(2,3)4)10(14)15-6-5-13/h9H,5-8,13H2,1-4H3. The van der Waals surface area contributed by atoms with Crippen LogP contribution in [0.25, 0.3) is 0 Å². The van der Waals surface area contributed by atoms with E-state index < -0.39 is 0 Å². The summed E-state index contributed by atoms with van der Waals surface area (Å²) in [4.78, 5) is 11.9. The van der Waals surface area contributed by atoms with Crippen molar-refractivity contribution in [1.29, 1.82) is 0 Å². The summed E-state index contributed by atoms with van der Waals surface area (Å²) >= 11 is 0. The Balaban J connectivity index is 2.58. The summed E-state index contributed by atoms with van der Waals surface area (Å²) in [5, 5.41) is 0. The van der Waals surface area contributed by atoms with Crippen LogP contribution < -0.4 is 5.73 Å². The van der Waals surface area contributed by atoms with Crippen LogP contribution in [0.2, 0.25) is 0 Å². The van der Waals surface area contributed by atoms with Gasteiger partial charge in [0, 0.05) is 6.54 Å². The largest absolute Gasteiger partial charge is 0.464 e. The van der Waals surface area contributed by atoms with E-state index in [0.29, 0.717) is 19.1 Å². The Hall–Kier alpha value is -0.570. The maximum atomic E-state index is 11.9. The molecule has 3 heteroatoms. The Morgan fingerprint density at radius 3 is 2.40 bits per heavy atom. The molecule has 2 atom stereocenters. The Kier molecular flexibility index (Phi) is 3.44. The quantitative estimate of drug-likeness (QED) is 0.726. The molecule has 3 nitrogen and oxygen atoms in total. The molecule has 0 aromatic carbocycles. The van der Waals surface area contributed by atoms with Gasteiger partial charge in [0.1, 0.15) is 6.61 Å². The average molecular weight is 213 g/mol. The predicted octanol–water partition coefficient (Wildman–Crippen LogP) is 1.95. The molecule has 0 heterocycles. The molecular formula is C12H23NO2. The van der Waals surface area contributed by atoms with Gasteiger partial charge >= 0.3 is 5.97 Å². The summed E-state index contributed by atoms with van der Waals surface area (Å²) in [6.45, 7) is 9.36. The third-order valence-electron chi connectivity index (χ3n) is 3.06. The molecule has 15 heavy (non-hydrogen) atoms. The smallest absolute Gasteiger partial charge is 0.312 e. The van der Waals surface area contributed by atoms with Crippen molar-refractivity contribution < 1.29 is 9.53 Å². The summed E-state index contributed by atoms with van der Waals surface area (Å²) in [6, 6.07) is 0. The third-order valence-corrected chi connectivity index (χ3v) is 3.06. The van der Waals surface area contributed by atoms with Gasteiger partial charge in [0.2, 0.25) is 0 Å². The highest BCUT2D eigenvalue weighted by atomic mass is 16.5. The molecule has 1 fully saturated rings. The number of esters is 1. The van der Waals surface area contributed by atoms with Crippen molar-refractivity contribution in [1.82, 2.24) is 0 Å². The molecule has 0 radical (unpaired) electrons. The van der Waals surface area contributed by atoms with Crippen LogP contribution in [0.15, 0.2) is 0 Å². The summed E-state index contributed by atoms with van der Waals surface area (Å²) in [7, 11) is 0. The molecule has 0 aliphatic heterocycles. The zero-order valence-corrected chi connectivity index (χ0v) is 10.3. The second-order valence-electron chi connectivity index (χ2n) is 5.92. The van der Waals surface area contributed by atoms with E-state index in [-0.39, 0.29) is 16.8 Å². The van der Waals surface area contributed by atoms with Gasteiger partial charge in [-0.15, -0.1) is 0 Å². The van der Waals surface area contributed by atoms with Gasteiger partial charge in [0.25, 0.3) is 0 Å². The van der Waals surface area contributed by atoms with Crippen molar-refractivity contribution in [2.45, 2.75) is 40.5 Å². The molecule has 2 N–H and O–H groups in total. The number of nitrogens with two attached hydrogens (primary N) is 1. The first-order chi connectivity index (χ1) is 6.82. The van der Waals surface area contributed by atoms with E-state index >= 15 is 0 Å². The van der Waals surface area contributed by atoms with Crippen LogP contribution in [0, 0.1) is 16.7 Å². The van der Waals surface area contributed by atoms with E-state index in [9.17, 15) is 4.79 Å². The minimum Gasteiger partial charge on any atom is -0.464 e. The lowest BCUT2D eigenvalue weighted by molar-refractivity contribution is -0.151. The molecule has 88 valence electrons. The summed E-state index contributed by atoms with van der Waals surface area (Å²) in [5.41, 5.74) is 5.28. The van der Waals surface area contributed by atoms with Gasteiger partial charge in [-0.05, 0) is 24.2 Å². The SMILES string of the molecule is CC1CC1(CC(C)(C)C)C(=O)OCCN. The van der Waals surface area contributed by atoms with Gasteiger partial charge in [0.15, 0.2) is 0 Å². The Bertz CT molecular complexity index is 244. The number of hydrogen-bond donors (Lipinski definition) is 1. The molecular weight excluding hydrogens is 190 g/mol. The van der Waals surface area contributed by atoms with Gasteiger partial charge in [-0.2, -0.15) is 0 Å². The van der Waals surface area contributed by atoms with Crippen LogP contribution in [0.1, 0.15) is 40.5 Å². The van der Waals surface area contributed by atoms with Crippen LogP contribution in [-0.2, 0) is 9.53 Å². The number of carbonyl (C=O) groups is 1. The molecule has 0 aromatic heterocycles. The Morgan fingerprint density at radius 1 is 1.53 bits per heavy atom. The maximum absolute atomic E-state index is 11.9. The van der Waals surface area contributed by atoms with Crippen LogP contribution in [0.4, 0.5) is 0 Å². The van der Waals surface area contributed by atoms with E-state index in [0.717, 1.165) is 12.8 Å². The monoisotopic (exact) mass is 213 g/mol. The Morgan fingerprint density at radius 2 is 2.07 bits per heavy atom. The van der Waals surface area contributed by atoms with Crippen LogP contribution in [0.5, 0.6) is 0 Å². The van der Waals surface area contributed by atoms with Crippen molar-refractivity contribution in [3.05, 3.63) is 0 Å². The minimum absolute atomic E-state index is 0.0459. The highest BCUT2D eigenvalue weighted by molar-refractivity contribution is 5.80. The number of hydrogen-bond acceptors (Lipinski definition) is 3. The molecule has 0 saturated heterocycles. The summed E-state index contributed by atoms with van der Waals surface area (Å²) < 4.78 is 5.17. The zero-order chi connectivity index (χ0) is 11.7. The van der Waals surface area contributed by atoms with Gasteiger partial charge < -0.3 is 10.5 Å². The van der Waals surface area contributed by atoms with Gasteiger partial charge in [0.05, 0.1) is 5.41 Å². The van der Waals surface area contributed by atoms with Crippen molar-refractivity contribution in [3.63, 3.8) is 0 Å². The molecule has 0 bridgehead atoms. The first-order valence-electron chi connectivity index (χ1n) is 5.69. The second-order valence-corrected chi connectivity index (χ2v) is 5.92. The lowest BCUT2D eigenvalue weighted by Gasteiger charge is -2.25. The normalized spacial score (nSPS) is 30.1. The fourth-order valence-corrected chi connectivity index (χ4v) is 2.33. The van der Waals surface area contributed by atoms with Gasteiger partial charge in [-0.1, -0.05) is 27.7 Å². The van der Waals surface area contributed by atoms with Crippen LogP contribution in [0.3, 0.4) is 0 Å². The fraction of sp³-hybridized carbons (Fsp3) is 0.917. The summed E-state index contributed by atoms with van der Waals surface area (Å²) in [5.74, 6) is 0.414. The van der Waals surface area contributed by atoms with E-state index in [1.165, 1.54) is 0 Å². The minimum atomic E-state index is -0.215. The molecule has 0 aromatic rings.